The third-order valence-corrected chi connectivity index (χ3v) is 3.53. The molecule has 0 aromatic heterocycles. The molecule has 0 bridgehead atoms. The summed E-state index contributed by atoms with van der Waals surface area (Å²) in [6.07, 6.45) is 3.66. The minimum Gasteiger partial charge on any atom is -0.465 e. The Labute approximate surface area is 126 Å². The number of methoxy groups -OCH3 is 1. The van der Waals surface area contributed by atoms with Gasteiger partial charge in [-0.1, -0.05) is 60.7 Å². The average molecular weight is 280 g/mol. The molecule has 0 saturated heterocycles. The molecular formula is C19H20O2. The van der Waals surface area contributed by atoms with Crippen molar-refractivity contribution in [1.82, 2.24) is 0 Å². The highest BCUT2D eigenvalue weighted by Gasteiger charge is 2.14. The fraction of sp³-hybridized carbons (Fsp3) is 0.211. The van der Waals surface area contributed by atoms with Gasteiger partial charge in [0.1, 0.15) is 0 Å². The molecule has 0 fully saturated rings. The molecule has 0 atom stereocenters. The normalized spacial score (nSPS) is 11.2. The zero-order chi connectivity index (χ0) is 15.1. The van der Waals surface area contributed by atoms with Crippen LogP contribution in [-0.4, -0.2) is 13.1 Å². The Hall–Kier alpha value is -2.35. The van der Waals surface area contributed by atoms with Gasteiger partial charge in [0, 0.05) is 0 Å². The van der Waals surface area contributed by atoms with E-state index in [1.54, 1.807) is 0 Å². The molecule has 2 nitrogen and oxygen atoms in total. The van der Waals surface area contributed by atoms with E-state index >= 15 is 0 Å². The summed E-state index contributed by atoms with van der Waals surface area (Å²) in [5, 5.41) is 0. The number of allylic oxidation sites excluding steroid dienone is 1. The van der Waals surface area contributed by atoms with Crippen molar-refractivity contribution < 1.29 is 9.53 Å². The van der Waals surface area contributed by atoms with Crippen molar-refractivity contribution in [2.24, 2.45) is 0 Å². The third kappa shape index (κ3) is 3.82. The fourth-order valence-corrected chi connectivity index (χ4v) is 2.42. The van der Waals surface area contributed by atoms with Gasteiger partial charge in [-0.25, -0.2) is 4.79 Å². The second kappa shape index (κ2) is 7.44. The number of hydrogen-bond acceptors (Lipinski definition) is 2. The molecule has 21 heavy (non-hydrogen) atoms. The van der Waals surface area contributed by atoms with Crippen molar-refractivity contribution in [2.45, 2.75) is 19.8 Å². The van der Waals surface area contributed by atoms with Gasteiger partial charge >= 0.3 is 5.97 Å². The van der Waals surface area contributed by atoms with Gasteiger partial charge in [0.2, 0.25) is 0 Å². The highest BCUT2D eigenvalue weighted by atomic mass is 16.5. The molecule has 2 aromatic rings. The van der Waals surface area contributed by atoms with Gasteiger partial charge < -0.3 is 4.74 Å². The minimum atomic E-state index is -0.287. The molecular weight excluding hydrogens is 260 g/mol. The molecule has 0 unspecified atom stereocenters. The van der Waals surface area contributed by atoms with Gasteiger partial charge in [0.05, 0.1) is 12.7 Å². The number of carbonyl (C=O) groups is 1. The first-order valence-electron chi connectivity index (χ1n) is 7.13. The van der Waals surface area contributed by atoms with Crippen LogP contribution in [0.3, 0.4) is 0 Å². The van der Waals surface area contributed by atoms with Crippen molar-refractivity contribution in [3.05, 3.63) is 77.4 Å². The van der Waals surface area contributed by atoms with E-state index < -0.39 is 0 Å². The summed E-state index contributed by atoms with van der Waals surface area (Å²) in [5.41, 5.74) is 4.05. The molecule has 0 spiro atoms. The summed E-state index contributed by atoms with van der Waals surface area (Å²) < 4.78 is 4.87. The molecule has 0 N–H and O–H groups in total. The lowest BCUT2D eigenvalue weighted by atomic mass is 9.95. The predicted molar refractivity (Wildman–Crippen MR) is 86.0 cm³/mol. The monoisotopic (exact) mass is 280 g/mol. The van der Waals surface area contributed by atoms with Gasteiger partial charge in [-0.05, 0) is 36.5 Å². The summed E-state index contributed by atoms with van der Waals surface area (Å²) in [4.78, 5) is 11.9. The number of ether oxygens (including phenoxy) is 1. The van der Waals surface area contributed by atoms with E-state index in [1.807, 2.05) is 49.4 Å². The van der Waals surface area contributed by atoms with Crippen LogP contribution in [0.5, 0.6) is 0 Å². The Morgan fingerprint density at radius 1 is 1.00 bits per heavy atom. The highest BCUT2D eigenvalue weighted by Crippen LogP contribution is 2.22. The van der Waals surface area contributed by atoms with Crippen molar-refractivity contribution in [2.75, 3.05) is 7.11 Å². The van der Waals surface area contributed by atoms with Gasteiger partial charge in [0.25, 0.3) is 0 Å². The Kier molecular flexibility index (Phi) is 5.33. The van der Waals surface area contributed by atoms with E-state index in [-0.39, 0.29) is 5.97 Å². The molecule has 0 heterocycles. The number of benzene rings is 2. The van der Waals surface area contributed by atoms with Crippen molar-refractivity contribution in [3.63, 3.8) is 0 Å². The molecule has 0 aliphatic rings. The molecule has 2 aromatic carbocycles. The topological polar surface area (TPSA) is 26.3 Å². The van der Waals surface area contributed by atoms with Gasteiger partial charge in [-0.3, -0.25) is 0 Å². The van der Waals surface area contributed by atoms with Crippen molar-refractivity contribution >= 4 is 11.5 Å². The van der Waals surface area contributed by atoms with Crippen molar-refractivity contribution in [3.8, 4) is 0 Å². The van der Waals surface area contributed by atoms with Crippen LogP contribution in [0.2, 0.25) is 0 Å². The maximum Gasteiger partial charge on any atom is 0.338 e. The van der Waals surface area contributed by atoms with E-state index in [2.05, 4.69) is 18.2 Å². The molecule has 0 saturated carbocycles. The van der Waals surface area contributed by atoms with Crippen LogP contribution < -0.4 is 0 Å². The third-order valence-electron chi connectivity index (χ3n) is 3.53. The second-order valence-corrected chi connectivity index (χ2v) is 4.84. The van der Waals surface area contributed by atoms with Crippen LogP contribution in [0.4, 0.5) is 0 Å². The van der Waals surface area contributed by atoms with Gasteiger partial charge in [0.15, 0.2) is 0 Å². The minimum absolute atomic E-state index is 0.287. The first kappa shape index (κ1) is 15.0. The van der Waals surface area contributed by atoms with E-state index in [4.69, 9.17) is 4.74 Å². The molecule has 2 rings (SSSR count). The lowest BCUT2D eigenvalue weighted by Crippen LogP contribution is -2.06. The second-order valence-electron chi connectivity index (χ2n) is 4.84. The smallest absolute Gasteiger partial charge is 0.338 e. The summed E-state index contributed by atoms with van der Waals surface area (Å²) in [5.74, 6) is -0.287. The zero-order valence-electron chi connectivity index (χ0n) is 12.5. The SMILES string of the molecule is CC=C(C(=O)OC)c1ccccc1CCc1ccccc1. The summed E-state index contributed by atoms with van der Waals surface area (Å²) in [6, 6.07) is 18.4. The summed E-state index contributed by atoms with van der Waals surface area (Å²) >= 11 is 0. The maximum atomic E-state index is 11.9. The van der Waals surface area contributed by atoms with Crippen LogP contribution in [0.25, 0.3) is 5.57 Å². The van der Waals surface area contributed by atoms with Crippen LogP contribution in [0.15, 0.2) is 60.7 Å². The first-order valence-corrected chi connectivity index (χ1v) is 7.13. The summed E-state index contributed by atoms with van der Waals surface area (Å²) in [7, 11) is 1.42. The molecule has 2 heteroatoms. The van der Waals surface area contributed by atoms with Crippen LogP contribution in [-0.2, 0) is 22.4 Å². The zero-order valence-corrected chi connectivity index (χ0v) is 12.5. The predicted octanol–water partition coefficient (Wildman–Crippen LogP) is 4.05. The number of esters is 1. The lowest BCUT2D eigenvalue weighted by molar-refractivity contribution is -0.133. The Morgan fingerprint density at radius 2 is 1.67 bits per heavy atom. The lowest BCUT2D eigenvalue weighted by Gasteiger charge is -2.11. The molecule has 0 aliphatic heterocycles. The van der Waals surface area contributed by atoms with Gasteiger partial charge in [-0.2, -0.15) is 0 Å². The first-order chi connectivity index (χ1) is 10.3. The van der Waals surface area contributed by atoms with Crippen LogP contribution in [0, 0.1) is 0 Å². The number of rotatable bonds is 5. The van der Waals surface area contributed by atoms with Crippen LogP contribution in [0.1, 0.15) is 23.6 Å². The Balaban J connectivity index is 2.23. The summed E-state index contributed by atoms with van der Waals surface area (Å²) in [6.45, 7) is 1.86. The fourth-order valence-electron chi connectivity index (χ4n) is 2.42. The highest BCUT2D eigenvalue weighted by molar-refractivity contribution is 6.16. The van der Waals surface area contributed by atoms with Gasteiger partial charge in [-0.15, -0.1) is 0 Å². The quantitative estimate of drug-likeness (QED) is 0.610. The molecule has 0 radical (unpaired) electrons. The Morgan fingerprint density at radius 3 is 2.33 bits per heavy atom. The molecule has 0 aliphatic carbocycles. The average Bonchev–Trinajstić information content (AvgIpc) is 2.55. The largest absolute Gasteiger partial charge is 0.465 e. The van der Waals surface area contributed by atoms with E-state index in [0.717, 1.165) is 18.4 Å². The van der Waals surface area contributed by atoms with E-state index in [0.29, 0.717) is 5.57 Å². The Bertz CT molecular complexity index is 627. The number of hydrogen-bond donors (Lipinski definition) is 0. The molecule has 0 amide bonds. The van der Waals surface area contributed by atoms with Crippen LogP contribution >= 0.6 is 0 Å². The standard InChI is InChI=1S/C19H20O2/c1-3-17(19(20)21-2)18-12-8-7-11-16(18)14-13-15-9-5-4-6-10-15/h3-12H,13-14H2,1-2H3. The van der Waals surface area contributed by atoms with Crippen molar-refractivity contribution in [1.29, 1.82) is 0 Å². The number of carbonyl (C=O) groups excluding carboxylic acids is 1. The van der Waals surface area contributed by atoms with E-state index in [1.165, 1.54) is 18.2 Å². The van der Waals surface area contributed by atoms with E-state index in [9.17, 15) is 4.79 Å². The number of aryl methyl sites for hydroxylation is 2. The maximum absolute atomic E-state index is 11.9. The molecule has 108 valence electrons.